The van der Waals surface area contributed by atoms with E-state index < -0.39 is 0 Å². The molecule has 2 aromatic rings. The number of carbonyl (C=O) groups is 2. The van der Waals surface area contributed by atoms with Gasteiger partial charge in [-0.15, -0.1) is 11.8 Å². The van der Waals surface area contributed by atoms with Gasteiger partial charge < -0.3 is 19.7 Å². The molecule has 0 aliphatic carbocycles. The number of ether oxygens (including phenoxy) is 2. The van der Waals surface area contributed by atoms with Gasteiger partial charge in [-0.05, 0) is 36.8 Å². The smallest absolute Gasteiger partial charge is 0.318 e. The first kappa shape index (κ1) is 21.2. The van der Waals surface area contributed by atoms with Gasteiger partial charge in [0, 0.05) is 30.2 Å². The summed E-state index contributed by atoms with van der Waals surface area (Å²) in [6, 6.07) is 15.5. The molecule has 0 radical (unpaired) electrons. The Bertz CT molecular complexity index is 835. The molecule has 6 nitrogen and oxygen atoms in total. The van der Waals surface area contributed by atoms with Crippen molar-refractivity contribution in [2.75, 3.05) is 38.3 Å². The fourth-order valence-electron chi connectivity index (χ4n) is 3.09. The summed E-state index contributed by atoms with van der Waals surface area (Å²) in [5.74, 6) is -0.479. The summed E-state index contributed by atoms with van der Waals surface area (Å²) in [6.07, 6.45) is 0. The molecule has 0 aromatic heterocycles. The maximum atomic E-state index is 12.7. The van der Waals surface area contributed by atoms with E-state index >= 15 is 0 Å². The first-order valence-electron chi connectivity index (χ1n) is 9.62. The minimum absolute atomic E-state index is 0.164. The Hall–Kier alpha value is -2.51. The predicted molar refractivity (Wildman–Crippen MR) is 114 cm³/mol. The molecule has 1 aliphatic heterocycles. The molecule has 2 aromatic carbocycles. The molecule has 1 fully saturated rings. The van der Waals surface area contributed by atoms with Gasteiger partial charge in [0.15, 0.2) is 0 Å². The molecule has 154 valence electrons. The Morgan fingerprint density at radius 2 is 1.83 bits per heavy atom. The van der Waals surface area contributed by atoms with Crippen molar-refractivity contribution >= 4 is 29.3 Å². The molecule has 7 heteroatoms. The zero-order valence-electron chi connectivity index (χ0n) is 16.7. The van der Waals surface area contributed by atoms with Gasteiger partial charge in [0.1, 0.15) is 5.25 Å². The number of benzene rings is 2. The normalized spacial score (nSPS) is 14.9. The SMILES string of the molecule is COC(=O)C(C)Sc1ccccc1C(=O)NCc1ccc(N2CCOCC2)cc1. The number of nitrogens with one attached hydrogen (secondary N) is 1. The van der Waals surface area contributed by atoms with Crippen molar-refractivity contribution in [1.29, 1.82) is 0 Å². The molecule has 1 heterocycles. The van der Waals surface area contributed by atoms with E-state index in [2.05, 4.69) is 22.3 Å². The molecule has 3 rings (SSSR count). The lowest BCUT2D eigenvalue weighted by atomic mass is 10.1. The number of amides is 1. The average Bonchev–Trinajstić information content (AvgIpc) is 2.78. The molecular weight excluding hydrogens is 388 g/mol. The van der Waals surface area contributed by atoms with Gasteiger partial charge in [-0.1, -0.05) is 24.3 Å². The second-order valence-corrected chi connectivity index (χ2v) is 8.11. The molecule has 1 saturated heterocycles. The highest BCUT2D eigenvalue weighted by Gasteiger charge is 2.19. The highest BCUT2D eigenvalue weighted by molar-refractivity contribution is 8.00. The summed E-state index contributed by atoms with van der Waals surface area (Å²) in [7, 11) is 1.36. The van der Waals surface area contributed by atoms with E-state index in [1.54, 1.807) is 13.0 Å². The number of hydrogen-bond acceptors (Lipinski definition) is 6. The monoisotopic (exact) mass is 414 g/mol. The summed E-state index contributed by atoms with van der Waals surface area (Å²) in [5, 5.41) is 2.58. The molecule has 1 unspecified atom stereocenters. The van der Waals surface area contributed by atoms with E-state index in [0.717, 1.165) is 36.8 Å². The summed E-state index contributed by atoms with van der Waals surface area (Å²) in [4.78, 5) is 27.5. The van der Waals surface area contributed by atoms with Gasteiger partial charge in [0.05, 0.1) is 25.9 Å². The third kappa shape index (κ3) is 5.74. The van der Waals surface area contributed by atoms with Crippen LogP contribution in [0.1, 0.15) is 22.8 Å². The summed E-state index contributed by atoms with van der Waals surface area (Å²) >= 11 is 1.32. The number of hydrogen-bond donors (Lipinski definition) is 1. The second kappa shape index (κ2) is 10.3. The number of morpholine rings is 1. The van der Waals surface area contributed by atoms with Gasteiger partial charge in [-0.3, -0.25) is 9.59 Å². The number of carbonyl (C=O) groups excluding carboxylic acids is 2. The molecule has 0 saturated carbocycles. The van der Waals surface area contributed by atoms with Crippen molar-refractivity contribution in [3.63, 3.8) is 0 Å². The average molecular weight is 415 g/mol. The number of nitrogens with zero attached hydrogens (tertiary/aromatic N) is 1. The van der Waals surface area contributed by atoms with E-state index in [-0.39, 0.29) is 17.1 Å². The van der Waals surface area contributed by atoms with Crippen LogP contribution >= 0.6 is 11.8 Å². The lowest BCUT2D eigenvalue weighted by Gasteiger charge is -2.28. The summed E-state index contributed by atoms with van der Waals surface area (Å²) < 4.78 is 10.2. The van der Waals surface area contributed by atoms with Crippen LogP contribution in [0.15, 0.2) is 53.4 Å². The van der Waals surface area contributed by atoms with Crippen LogP contribution in [-0.4, -0.2) is 50.5 Å². The van der Waals surface area contributed by atoms with Crippen molar-refractivity contribution in [1.82, 2.24) is 5.32 Å². The molecule has 0 spiro atoms. The van der Waals surface area contributed by atoms with Crippen LogP contribution in [0.3, 0.4) is 0 Å². The third-order valence-electron chi connectivity index (χ3n) is 4.73. The zero-order chi connectivity index (χ0) is 20.6. The van der Waals surface area contributed by atoms with Crippen molar-refractivity contribution < 1.29 is 19.1 Å². The minimum Gasteiger partial charge on any atom is -0.468 e. The Morgan fingerprint density at radius 1 is 1.14 bits per heavy atom. The number of anilines is 1. The maximum absolute atomic E-state index is 12.7. The second-order valence-electron chi connectivity index (χ2n) is 6.73. The van der Waals surface area contributed by atoms with E-state index in [0.29, 0.717) is 12.1 Å². The van der Waals surface area contributed by atoms with Crippen molar-refractivity contribution in [2.45, 2.75) is 23.6 Å². The Balaban J connectivity index is 1.60. The maximum Gasteiger partial charge on any atom is 0.318 e. The van der Waals surface area contributed by atoms with E-state index in [9.17, 15) is 9.59 Å². The van der Waals surface area contributed by atoms with Crippen LogP contribution in [0, 0.1) is 0 Å². The van der Waals surface area contributed by atoms with Crippen molar-refractivity contribution in [3.8, 4) is 0 Å². The highest BCUT2D eigenvalue weighted by atomic mass is 32.2. The molecule has 1 N–H and O–H groups in total. The largest absolute Gasteiger partial charge is 0.468 e. The molecule has 1 aliphatic rings. The van der Waals surface area contributed by atoms with Crippen LogP contribution in [-0.2, 0) is 20.8 Å². The van der Waals surface area contributed by atoms with Crippen molar-refractivity contribution in [2.24, 2.45) is 0 Å². The zero-order valence-corrected chi connectivity index (χ0v) is 17.5. The van der Waals surface area contributed by atoms with Gasteiger partial charge in [-0.25, -0.2) is 0 Å². The quantitative estimate of drug-likeness (QED) is 0.555. The van der Waals surface area contributed by atoms with Crippen LogP contribution < -0.4 is 10.2 Å². The summed E-state index contributed by atoms with van der Waals surface area (Å²) in [6.45, 7) is 5.51. The van der Waals surface area contributed by atoms with E-state index in [1.807, 2.05) is 30.3 Å². The van der Waals surface area contributed by atoms with Crippen LogP contribution in [0.4, 0.5) is 5.69 Å². The topological polar surface area (TPSA) is 67.9 Å². The van der Waals surface area contributed by atoms with Crippen LogP contribution in [0.25, 0.3) is 0 Å². The number of rotatable bonds is 7. The molecule has 1 amide bonds. The standard InChI is InChI=1S/C22H26N2O4S/c1-16(22(26)27-2)29-20-6-4-3-5-19(20)21(25)23-15-17-7-9-18(10-8-17)24-11-13-28-14-12-24/h3-10,16H,11-15H2,1-2H3,(H,23,25). The van der Waals surface area contributed by atoms with Crippen LogP contribution in [0.2, 0.25) is 0 Å². The molecule has 0 bridgehead atoms. The van der Waals surface area contributed by atoms with Gasteiger partial charge in [-0.2, -0.15) is 0 Å². The van der Waals surface area contributed by atoms with E-state index in [1.165, 1.54) is 24.6 Å². The first-order valence-corrected chi connectivity index (χ1v) is 10.5. The lowest BCUT2D eigenvalue weighted by Crippen LogP contribution is -2.36. The fourth-order valence-corrected chi connectivity index (χ4v) is 4.10. The number of methoxy groups -OCH3 is 1. The number of thioether (sulfide) groups is 1. The molecular formula is C22H26N2O4S. The predicted octanol–water partition coefficient (Wildman–Crippen LogP) is 3.11. The Kier molecular flexibility index (Phi) is 7.55. The molecule has 29 heavy (non-hydrogen) atoms. The van der Waals surface area contributed by atoms with E-state index in [4.69, 9.17) is 9.47 Å². The molecule has 1 atom stereocenters. The lowest BCUT2D eigenvalue weighted by molar-refractivity contribution is -0.139. The van der Waals surface area contributed by atoms with Crippen LogP contribution in [0.5, 0.6) is 0 Å². The first-order chi connectivity index (χ1) is 14.1. The van der Waals surface area contributed by atoms with Gasteiger partial charge in [0.2, 0.25) is 0 Å². The van der Waals surface area contributed by atoms with Crippen molar-refractivity contribution in [3.05, 3.63) is 59.7 Å². The Morgan fingerprint density at radius 3 is 2.52 bits per heavy atom. The fraction of sp³-hybridized carbons (Fsp3) is 0.364. The number of esters is 1. The van der Waals surface area contributed by atoms with Gasteiger partial charge >= 0.3 is 5.97 Å². The minimum atomic E-state index is -0.387. The third-order valence-corrected chi connectivity index (χ3v) is 5.89. The van der Waals surface area contributed by atoms with Gasteiger partial charge in [0.25, 0.3) is 5.91 Å². The summed E-state index contributed by atoms with van der Waals surface area (Å²) in [5.41, 5.74) is 2.75. The highest BCUT2D eigenvalue weighted by Crippen LogP contribution is 2.27. The Labute approximate surface area is 175 Å².